The fourth-order valence-electron chi connectivity index (χ4n) is 2.59. The second kappa shape index (κ2) is 8.87. The second-order valence-electron chi connectivity index (χ2n) is 5.57. The smallest absolute Gasteiger partial charge is 0.244 e. The van der Waals surface area contributed by atoms with Crippen molar-refractivity contribution >= 4 is 5.91 Å². The van der Waals surface area contributed by atoms with Crippen molar-refractivity contribution in [2.45, 2.75) is 19.9 Å². The van der Waals surface area contributed by atoms with Crippen LogP contribution in [0.5, 0.6) is 0 Å². The van der Waals surface area contributed by atoms with E-state index in [9.17, 15) is 4.79 Å². The van der Waals surface area contributed by atoms with Crippen LogP contribution in [-0.2, 0) is 16.1 Å². The number of amides is 1. The first-order valence-electron chi connectivity index (χ1n) is 7.88. The zero-order valence-electron chi connectivity index (χ0n) is 13.3. The van der Waals surface area contributed by atoms with Gasteiger partial charge in [0.2, 0.25) is 5.91 Å². The molecule has 2 heterocycles. The molecule has 1 fully saturated rings. The lowest BCUT2D eigenvalue weighted by Gasteiger charge is -2.22. The van der Waals surface area contributed by atoms with Gasteiger partial charge in [-0.05, 0) is 26.0 Å². The summed E-state index contributed by atoms with van der Waals surface area (Å²) in [7, 11) is 0. The minimum absolute atomic E-state index is 0.0647. The summed E-state index contributed by atoms with van der Waals surface area (Å²) in [4.78, 5) is 16.6. The number of nitrogens with zero attached hydrogens (tertiary/aromatic N) is 4. The lowest BCUT2D eigenvalue weighted by Crippen LogP contribution is -2.37. The van der Waals surface area contributed by atoms with Gasteiger partial charge in [0.25, 0.3) is 0 Å². The van der Waals surface area contributed by atoms with Gasteiger partial charge in [-0.3, -0.25) is 14.4 Å². The van der Waals surface area contributed by atoms with Gasteiger partial charge in [0.05, 0.1) is 25.5 Å². The van der Waals surface area contributed by atoms with Gasteiger partial charge in [-0.25, -0.2) is 0 Å². The Bertz CT molecular complexity index is 463. The van der Waals surface area contributed by atoms with Crippen LogP contribution in [0.25, 0.3) is 0 Å². The van der Waals surface area contributed by atoms with Crippen LogP contribution in [0.2, 0.25) is 0 Å². The number of carbonyl (C=O) groups is 1. The summed E-state index contributed by atoms with van der Waals surface area (Å²) in [6, 6.07) is 1.91. The number of aliphatic hydroxyl groups is 1. The van der Waals surface area contributed by atoms with E-state index in [2.05, 4.69) is 10.00 Å². The molecular weight excluding hydrogens is 284 g/mol. The SMILES string of the molecule is Cc1ccn(CC(=O)N2CCCN(CCOCCO)CC2)n1. The Morgan fingerprint density at radius 3 is 2.91 bits per heavy atom. The van der Waals surface area contributed by atoms with Crippen LogP contribution >= 0.6 is 0 Å². The predicted molar refractivity (Wildman–Crippen MR) is 82.5 cm³/mol. The van der Waals surface area contributed by atoms with Gasteiger partial charge in [0.15, 0.2) is 0 Å². The number of rotatable bonds is 7. The second-order valence-corrected chi connectivity index (χ2v) is 5.57. The molecule has 124 valence electrons. The van der Waals surface area contributed by atoms with E-state index in [0.717, 1.165) is 44.8 Å². The Labute approximate surface area is 131 Å². The van der Waals surface area contributed by atoms with E-state index in [0.29, 0.717) is 19.8 Å². The molecule has 1 N–H and O–H groups in total. The molecule has 2 rings (SSSR count). The first-order chi connectivity index (χ1) is 10.7. The van der Waals surface area contributed by atoms with Crippen molar-refractivity contribution in [2.75, 3.05) is 52.5 Å². The molecule has 0 atom stereocenters. The van der Waals surface area contributed by atoms with E-state index in [1.54, 1.807) is 4.68 Å². The van der Waals surface area contributed by atoms with Gasteiger partial charge >= 0.3 is 0 Å². The van der Waals surface area contributed by atoms with Crippen LogP contribution in [0.3, 0.4) is 0 Å². The average molecular weight is 310 g/mol. The lowest BCUT2D eigenvalue weighted by atomic mass is 10.3. The molecule has 1 aliphatic rings. The zero-order valence-corrected chi connectivity index (χ0v) is 13.3. The number of ether oxygens (including phenoxy) is 1. The third kappa shape index (κ3) is 5.40. The maximum Gasteiger partial charge on any atom is 0.244 e. The third-order valence-corrected chi connectivity index (χ3v) is 3.80. The van der Waals surface area contributed by atoms with Crippen LogP contribution in [0.1, 0.15) is 12.1 Å². The summed E-state index contributed by atoms with van der Waals surface area (Å²) in [5, 5.41) is 12.9. The maximum atomic E-state index is 12.3. The molecule has 1 saturated heterocycles. The van der Waals surface area contributed by atoms with E-state index in [4.69, 9.17) is 9.84 Å². The quantitative estimate of drug-likeness (QED) is 0.702. The van der Waals surface area contributed by atoms with Gasteiger partial charge in [0.1, 0.15) is 6.54 Å². The monoisotopic (exact) mass is 310 g/mol. The molecule has 0 radical (unpaired) electrons. The molecule has 0 unspecified atom stereocenters. The highest BCUT2D eigenvalue weighted by molar-refractivity contribution is 5.75. The van der Waals surface area contributed by atoms with E-state index >= 15 is 0 Å². The summed E-state index contributed by atoms with van der Waals surface area (Å²) in [6.07, 6.45) is 2.82. The van der Waals surface area contributed by atoms with Crippen LogP contribution in [0.15, 0.2) is 12.3 Å². The van der Waals surface area contributed by atoms with Gasteiger partial charge in [-0.15, -0.1) is 0 Å². The van der Waals surface area contributed by atoms with Gasteiger partial charge < -0.3 is 14.7 Å². The average Bonchev–Trinajstić information content (AvgIpc) is 2.76. The summed E-state index contributed by atoms with van der Waals surface area (Å²) in [5.74, 6) is 0.126. The molecule has 1 aromatic heterocycles. The molecule has 0 spiro atoms. The Morgan fingerprint density at radius 1 is 1.32 bits per heavy atom. The molecule has 0 aromatic carbocycles. The highest BCUT2D eigenvalue weighted by Gasteiger charge is 2.19. The summed E-state index contributed by atoms with van der Waals surface area (Å²) < 4.78 is 7.00. The van der Waals surface area contributed by atoms with E-state index in [1.807, 2.05) is 24.1 Å². The van der Waals surface area contributed by atoms with Crippen LogP contribution in [0, 0.1) is 6.92 Å². The van der Waals surface area contributed by atoms with Gasteiger partial charge in [0, 0.05) is 32.4 Å². The summed E-state index contributed by atoms with van der Waals surface area (Å²) >= 11 is 0. The van der Waals surface area contributed by atoms with Crippen LogP contribution < -0.4 is 0 Å². The first kappa shape index (κ1) is 16.9. The number of aromatic nitrogens is 2. The van der Waals surface area contributed by atoms with Crippen molar-refractivity contribution in [3.8, 4) is 0 Å². The molecule has 1 aliphatic heterocycles. The molecule has 0 saturated carbocycles. The summed E-state index contributed by atoms with van der Waals surface area (Å²) in [6.45, 7) is 7.56. The lowest BCUT2D eigenvalue weighted by molar-refractivity contribution is -0.131. The fourth-order valence-corrected chi connectivity index (χ4v) is 2.59. The van der Waals surface area contributed by atoms with Crippen molar-refractivity contribution in [2.24, 2.45) is 0 Å². The number of hydrogen-bond donors (Lipinski definition) is 1. The number of hydrogen-bond acceptors (Lipinski definition) is 5. The Kier molecular flexibility index (Phi) is 6.82. The fraction of sp³-hybridized carbons (Fsp3) is 0.733. The van der Waals surface area contributed by atoms with Crippen LogP contribution in [-0.4, -0.2) is 83.1 Å². The molecule has 7 nitrogen and oxygen atoms in total. The molecule has 7 heteroatoms. The Balaban J connectivity index is 1.73. The minimum Gasteiger partial charge on any atom is -0.394 e. The highest BCUT2D eigenvalue weighted by atomic mass is 16.5. The Hall–Kier alpha value is -1.44. The molecule has 1 aromatic rings. The maximum absolute atomic E-state index is 12.3. The van der Waals surface area contributed by atoms with Gasteiger partial charge in [-0.1, -0.05) is 0 Å². The normalized spacial score (nSPS) is 16.7. The topological polar surface area (TPSA) is 70.8 Å². The number of carbonyl (C=O) groups excluding carboxylic acids is 1. The number of aryl methyl sites for hydroxylation is 1. The van der Waals surface area contributed by atoms with Gasteiger partial charge in [-0.2, -0.15) is 5.10 Å². The molecule has 1 amide bonds. The molecule has 22 heavy (non-hydrogen) atoms. The van der Waals surface area contributed by atoms with Crippen molar-refractivity contribution in [3.63, 3.8) is 0 Å². The predicted octanol–water partition coefficient (Wildman–Crippen LogP) is -0.265. The molecule has 0 aliphatic carbocycles. The number of aliphatic hydroxyl groups excluding tert-OH is 1. The largest absolute Gasteiger partial charge is 0.394 e. The minimum atomic E-state index is 0.0647. The zero-order chi connectivity index (χ0) is 15.8. The van der Waals surface area contributed by atoms with Crippen LogP contribution in [0.4, 0.5) is 0 Å². The van der Waals surface area contributed by atoms with Crippen molar-refractivity contribution in [1.29, 1.82) is 0 Å². The van der Waals surface area contributed by atoms with E-state index in [1.165, 1.54) is 0 Å². The third-order valence-electron chi connectivity index (χ3n) is 3.80. The van der Waals surface area contributed by atoms with Crippen molar-refractivity contribution < 1.29 is 14.6 Å². The van der Waals surface area contributed by atoms with E-state index < -0.39 is 0 Å². The van der Waals surface area contributed by atoms with Crippen molar-refractivity contribution in [1.82, 2.24) is 19.6 Å². The first-order valence-corrected chi connectivity index (χ1v) is 7.88. The standard InChI is InChI=1S/C15H26N4O3/c1-14-3-6-19(16-14)13-15(21)18-5-2-4-17(7-8-18)9-11-22-12-10-20/h3,6,20H,2,4-5,7-13H2,1H3. The Morgan fingerprint density at radius 2 is 2.18 bits per heavy atom. The molecular formula is C15H26N4O3. The highest BCUT2D eigenvalue weighted by Crippen LogP contribution is 2.05. The molecule has 0 bridgehead atoms. The summed E-state index contributed by atoms with van der Waals surface area (Å²) in [5.41, 5.74) is 0.928. The van der Waals surface area contributed by atoms with E-state index in [-0.39, 0.29) is 12.5 Å². The van der Waals surface area contributed by atoms with Crippen molar-refractivity contribution in [3.05, 3.63) is 18.0 Å².